The van der Waals surface area contributed by atoms with Crippen LogP contribution in [0.25, 0.3) is 5.76 Å². The number of nitrogens with zero attached hydrogens (tertiary/aromatic N) is 4. The zero-order chi connectivity index (χ0) is 19.0. The lowest BCUT2D eigenvalue weighted by atomic mass is 10.00. The van der Waals surface area contributed by atoms with Crippen molar-refractivity contribution in [3.63, 3.8) is 0 Å². The van der Waals surface area contributed by atoms with Crippen LogP contribution in [0.2, 0.25) is 0 Å². The van der Waals surface area contributed by atoms with Crippen molar-refractivity contribution in [3.05, 3.63) is 57.5 Å². The van der Waals surface area contributed by atoms with Gasteiger partial charge in [0, 0.05) is 11.8 Å². The average molecular weight is 400 g/mol. The van der Waals surface area contributed by atoms with Gasteiger partial charge >= 0.3 is 5.91 Å². The number of amides is 1. The molecule has 27 heavy (non-hydrogen) atoms. The van der Waals surface area contributed by atoms with Crippen molar-refractivity contribution in [2.45, 2.75) is 6.04 Å². The summed E-state index contributed by atoms with van der Waals surface area (Å²) in [6.45, 7) is 0. The quantitative estimate of drug-likeness (QED) is 0.408. The molecule has 1 aliphatic rings. The van der Waals surface area contributed by atoms with Crippen LogP contribution in [-0.2, 0) is 9.59 Å². The van der Waals surface area contributed by atoms with E-state index in [1.807, 2.05) is 0 Å². The van der Waals surface area contributed by atoms with Crippen molar-refractivity contribution in [3.8, 4) is 5.75 Å². The summed E-state index contributed by atoms with van der Waals surface area (Å²) in [6.07, 6.45) is 1.56. The average Bonchev–Trinajstić information content (AvgIpc) is 3.43. The number of thiazole rings is 1. The molecule has 0 saturated carbocycles. The smallest absolute Gasteiger partial charge is 0.301 e. The first kappa shape index (κ1) is 17.3. The Labute approximate surface area is 161 Å². The fourth-order valence-corrected chi connectivity index (χ4v) is 4.16. The number of ether oxygens (including phenoxy) is 1. The number of rotatable bonds is 4. The number of ketones is 1. The maximum absolute atomic E-state index is 12.8. The predicted octanol–water partition coefficient (Wildman–Crippen LogP) is 2.63. The number of aliphatic hydroxyl groups excluding tert-OH is 1. The molecule has 1 N–H and O–H groups in total. The van der Waals surface area contributed by atoms with Crippen LogP contribution in [0.15, 0.2) is 47.1 Å². The summed E-state index contributed by atoms with van der Waals surface area (Å²) < 4.78 is 5.17. The Morgan fingerprint density at radius 1 is 1.26 bits per heavy atom. The molecular weight excluding hydrogens is 388 g/mol. The summed E-state index contributed by atoms with van der Waals surface area (Å²) in [7, 11) is 1.50. The van der Waals surface area contributed by atoms with Crippen LogP contribution in [0.5, 0.6) is 5.75 Å². The third-order valence-electron chi connectivity index (χ3n) is 4.06. The minimum Gasteiger partial charge on any atom is -0.507 e. The number of carbonyl (C=O) groups excluding carboxylic acids is 2. The van der Waals surface area contributed by atoms with Crippen molar-refractivity contribution < 1.29 is 19.4 Å². The molecule has 3 heterocycles. The second kappa shape index (κ2) is 6.89. The second-order valence-corrected chi connectivity index (χ2v) is 7.26. The molecule has 10 heteroatoms. The molecule has 1 atom stereocenters. The summed E-state index contributed by atoms with van der Waals surface area (Å²) in [6, 6.07) is 5.82. The largest absolute Gasteiger partial charge is 0.507 e. The summed E-state index contributed by atoms with van der Waals surface area (Å²) in [4.78, 5) is 31.4. The molecule has 2 aromatic heterocycles. The zero-order valence-corrected chi connectivity index (χ0v) is 15.5. The molecule has 0 bridgehead atoms. The lowest BCUT2D eigenvalue weighted by Crippen LogP contribution is -2.29. The summed E-state index contributed by atoms with van der Waals surface area (Å²) in [5, 5.41) is 18.8. The van der Waals surface area contributed by atoms with Crippen LogP contribution < -0.4 is 9.64 Å². The van der Waals surface area contributed by atoms with Gasteiger partial charge in [0.1, 0.15) is 23.1 Å². The standard InChI is InChI=1S/C17H12N4O4S2/c1-25-10-4-2-3-9(5-10)14(22)12-13(11-6-18-7-26-11)21(16(24)15(12)23)17-20-19-8-27-17/h2-8,13,22H,1H3/b14-12+. The molecule has 0 aliphatic carbocycles. The minimum absolute atomic E-state index is 0.0206. The number of methoxy groups -OCH3 is 1. The van der Waals surface area contributed by atoms with E-state index in [4.69, 9.17) is 4.74 Å². The highest BCUT2D eigenvalue weighted by Gasteiger charge is 2.48. The van der Waals surface area contributed by atoms with Gasteiger partial charge in [-0.05, 0) is 12.1 Å². The van der Waals surface area contributed by atoms with E-state index < -0.39 is 17.7 Å². The van der Waals surface area contributed by atoms with Crippen LogP contribution >= 0.6 is 22.7 Å². The Balaban J connectivity index is 1.92. The van der Waals surface area contributed by atoms with E-state index in [-0.39, 0.29) is 16.5 Å². The van der Waals surface area contributed by atoms with Crippen LogP contribution in [0.1, 0.15) is 16.5 Å². The first-order chi connectivity index (χ1) is 13.1. The fourth-order valence-electron chi connectivity index (χ4n) is 2.86. The highest BCUT2D eigenvalue weighted by atomic mass is 32.1. The zero-order valence-electron chi connectivity index (χ0n) is 13.9. The summed E-state index contributed by atoms with van der Waals surface area (Å²) >= 11 is 2.41. The van der Waals surface area contributed by atoms with Gasteiger partial charge in [0.15, 0.2) is 0 Å². The van der Waals surface area contributed by atoms with E-state index in [1.165, 1.54) is 28.9 Å². The number of hydrogen-bond acceptors (Lipinski definition) is 9. The summed E-state index contributed by atoms with van der Waals surface area (Å²) in [5.41, 5.74) is 3.42. The first-order valence-electron chi connectivity index (χ1n) is 7.71. The number of aliphatic hydroxyl groups is 1. The highest BCUT2D eigenvalue weighted by Crippen LogP contribution is 2.43. The van der Waals surface area contributed by atoms with Gasteiger partial charge in [-0.25, -0.2) is 0 Å². The molecule has 1 amide bonds. The van der Waals surface area contributed by atoms with E-state index in [2.05, 4.69) is 15.2 Å². The van der Waals surface area contributed by atoms with Crippen molar-refractivity contribution in [1.82, 2.24) is 15.2 Å². The molecule has 1 saturated heterocycles. The van der Waals surface area contributed by atoms with Gasteiger partial charge in [0.05, 0.1) is 23.1 Å². The maximum Gasteiger partial charge on any atom is 0.301 e. The molecule has 1 unspecified atom stereocenters. The minimum atomic E-state index is -0.823. The SMILES string of the molecule is COc1cccc(/C(O)=C2\C(=O)C(=O)N(c3nncs3)C2c2cncs2)c1. The maximum atomic E-state index is 12.8. The van der Waals surface area contributed by atoms with Crippen molar-refractivity contribution in [1.29, 1.82) is 0 Å². The van der Waals surface area contributed by atoms with Crippen LogP contribution in [-0.4, -0.2) is 39.1 Å². The van der Waals surface area contributed by atoms with E-state index >= 15 is 0 Å². The van der Waals surface area contributed by atoms with Gasteiger partial charge in [-0.2, -0.15) is 0 Å². The molecule has 1 aromatic carbocycles. The van der Waals surface area contributed by atoms with Gasteiger partial charge in [-0.15, -0.1) is 21.5 Å². The molecule has 8 nitrogen and oxygen atoms in total. The normalized spacial score (nSPS) is 18.9. The Morgan fingerprint density at radius 3 is 2.78 bits per heavy atom. The molecule has 3 aromatic rings. The van der Waals surface area contributed by atoms with Gasteiger partial charge in [-0.1, -0.05) is 23.5 Å². The fraction of sp³-hybridized carbons (Fsp3) is 0.118. The molecule has 1 aliphatic heterocycles. The van der Waals surface area contributed by atoms with Gasteiger partial charge < -0.3 is 9.84 Å². The van der Waals surface area contributed by atoms with Crippen molar-refractivity contribution in [2.24, 2.45) is 0 Å². The Kier molecular flexibility index (Phi) is 4.42. The molecule has 4 rings (SSSR count). The molecule has 0 spiro atoms. The van der Waals surface area contributed by atoms with Gasteiger partial charge in [-0.3, -0.25) is 19.5 Å². The Morgan fingerprint density at radius 2 is 2.11 bits per heavy atom. The number of Topliss-reactive ketones (excluding diaryl/α,β-unsaturated/α-hetero) is 1. The van der Waals surface area contributed by atoms with Crippen LogP contribution in [0.3, 0.4) is 0 Å². The third-order valence-corrected chi connectivity index (χ3v) is 5.58. The van der Waals surface area contributed by atoms with Gasteiger partial charge in [0.25, 0.3) is 5.78 Å². The Hall–Kier alpha value is -3.11. The van der Waals surface area contributed by atoms with E-state index in [0.29, 0.717) is 16.2 Å². The monoisotopic (exact) mass is 400 g/mol. The van der Waals surface area contributed by atoms with Crippen molar-refractivity contribution >= 4 is 45.3 Å². The highest BCUT2D eigenvalue weighted by molar-refractivity contribution is 7.13. The molecule has 0 radical (unpaired) electrons. The lowest BCUT2D eigenvalue weighted by molar-refractivity contribution is -0.132. The van der Waals surface area contributed by atoms with E-state index in [9.17, 15) is 14.7 Å². The third kappa shape index (κ3) is 2.88. The Bertz CT molecular complexity index is 1030. The van der Waals surface area contributed by atoms with E-state index in [0.717, 1.165) is 11.3 Å². The predicted molar refractivity (Wildman–Crippen MR) is 99.8 cm³/mol. The van der Waals surface area contributed by atoms with Crippen LogP contribution in [0.4, 0.5) is 5.13 Å². The molecule has 136 valence electrons. The number of aromatic nitrogens is 3. The number of benzene rings is 1. The van der Waals surface area contributed by atoms with Gasteiger partial charge in [0.2, 0.25) is 5.13 Å². The van der Waals surface area contributed by atoms with Crippen molar-refractivity contribution in [2.75, 3.05) is 12.0 Å². The first-order valence-corrected chi connectivity index (χ1v) is 9.47. The topological polar surface area (TPSA) is 106 Å². The number of carbonyl (C=O) groups is 2. The van der Waals surface area contributed by atoms with Crippen LogP contribution in [0, 0.1) is 0 Å². The van der Waals surface area contributed by atoms with E-state index in [1.54, 1.807) is 36.0 Å². The number of anilines is 1. The lowest BCUT2D eigenvalue weighted by Gasteiger charge is -2.20. The summed E-state index contributed by atoms with van der Waals surface area (Å²) in [5.74, 6) is -1.32. The molecular formula is C17H12N4O4S2. The number of hydrogen-bond donors (Lipinski definition) is 1. The molecule has 1 fully saturated rings. The second-order valence-electron chi connectivity index (χ2n) is 5.53.